The molecule has 0 saturated heterocycles. The average Bonchev–Trinajstić information content (AvgIpc) is 2.96. The lowest BCUT2D eigenvalue weighted by molar-refractivity contribution is -0.120. The van der Waals surface area contributed by atoms with Crippen LogP contribution in [0.15, 0.2) is 29.4 Å². The van der Waals surface area contributed by atoms with Gasteiger partial charge in [-0.15, -0.1) is 10.2 Å². The molecule has 0 bridgehead atoms. The van der Waals surface area contributed by atoms with Gasteiger partial charge in [-0.05, 0) is 6.07 Å². The van der Waals surface area contributed by atoms with Crippen LogP contribution in [0, 0.1) is 0 Å². The Morgan fingerprint density at radius 2 is 2.09 bits per heavy atom. The van der Waals surface area contributed by atoms with E-state index in [0.717, 1.165) is 11.3 Å². The quantitative estimate of drug-likeness (QED) is 0.616. The van der Waals surface area contributed by atoms with E-state index in [1.165, 1.54) is 6.21 Å². The number of rotatable bonds is 6. The van der Waals surface area contributed by atoms with Crippen LogP contribution < -0.4 is 10.7 Å². The van der Waals surface area contributed by atoms with Crippen molar-refractivity contribution in [2.75, 3.05) is 5.32 Å². The third-order valence-corrected chi connectivity index (χ3v) is 3.83. The molecule has 0 spiro atoms. The zero-order valence-corrected chi connectivity index (χ0v) is 13.8. The second kappa shape index (κ2) is 8.35. The normalized spacial score (nSPS) is 10.7. The molecule has 2 amide bonds. The zero-order valence-electron chi connectivity index (χ0n) is 12.2. The summed E-state index contributed by atoms with van der Waals surface area (Å²) in [6.45, 7) is 1.74. The van der Waals surface area contributed by atoms with Crippen molar-refractivity contribution in [3.8, 4) is 0 Å². The Labute approximate surface area is 141 Å². The summed E-state index contributed by atoms with van der Waals surface area (Å²) in [5, 5.41) is 15.5. The van der Waals surface area contributed by atoms with Crippen molar-refractivity contribution < 1.29 is 9.59 Å². The maximum atomic E-state index is 11.8. The van der Waals surface area contributed by atoms with Crippen LogP contribution in [0.1, 0.15) is 23.9 Å². The smallest absolute Gasteiger partial charge is 0.247 e. The van der Waals surface area contributed by atoms with E-state index in [2.05, 4.69) is 26.0 Å². The molecule has 1 aromatic carbocycles. The molecule has 2 N–H and O–H groups in total. The molecule has 0 fully saturated rings. The molecular weight excluding hydrogens is 338 g/mol. The lowest BCUT2D eigenvalue weighted by Gasteiger charge is -1.98. The largest absolute Gasteiger partial charge is 0.301 e. The van der Waals surface area contributed by atoms with Crippen molar-refractivity contribution in [3.63, 3.8) is 0 Å². The Morgan fingerprint density at radius 1 is 1.30 bits per heavy atom. The standard InChI is InChI=1S/C14H14ClN5O2S/c1-2-11(21)17-14-20-19-13(23-14)7-12(22)18-16-8-9-5-3-4-6-10(9)15/h3-6,8H,2,7H2,1H3,(H,18,22)(H,17,20,21)/b16-8-. The highest BCUT2D eigenvalue weighted by molar-refractivity contribution is 7.15. The highest BCUT2D eigenvalue weighted by Crippen LogP contribution is 2.16. The Bertz CT molecular complexity index is 731. The number of nitrogens with zero attached hydrogens (tertiary/aromatic N) is 3. The predicted octanol–water partition coefficient (Wildman–Crippen LogP) is 2.23. The van der Waals surface area contributed by atoms with Gasteiger partial charge >= 0.3 is 0 Å². The summed E-state index contributed by atoms with van der Waals surface area (Å²) in [7, 11) is 0. The summed E-state index contributed by atoms with van der Waals surface area (Å²) >= 11 is 7.12. The summed E-state index contributed by atoms with van der Waals surface area (Å²) < 4.78 is 0. The Morgan fingerprint density at radius 3 is 2.83 bits per heavy atom. The minimum absolute atomic E-state index is 0.0273. The molecule has 0 aliphatic heterocycles. The van der Waals surface area contributed by atoms with Crippen LogP contribution in [0.3, 0.4) is 0 Å². The summed E-state index contributed by atoms with van der Waals surface area (Å²) in [6.07, 6.45) is 1.85. The lowest BCUT2D eigenvalue weighted by atomic mass is 10.2. The number of carbonyl (C=O) groups is 2. The molecule has 0 unspecified atom stereocenters. The van der Waals surface area contributed by atoms with Gasteiger partial charge in [0, 0.05) is 17.0 Å². The molecule has 0 saturated carbocycles. The predicted molar refractivity (Wildman–Crippen MR) is 89.7 cm³/mol. The monoisotopic (exact) mass is 351 g/mol. The summed E-state index contributed by atoms with van der Waals surface area (Å²) in [4.78, 5) is 23.0. The van der Waals surface area contributed by atoms with Crippen molar-refractivity contribution in [1.82, 2.24) is 15.6 Å². The van der Waals surface area contributed by atoms with Gasteiger partial charge in [-0.1, -0.05) is 48.1 Å². The highest BCUT2D eigenvalue weighted by Gasteiger charge is 2.10. The van der Waals surface area contributed by atoms with Gasteiger partial charge in [0.15, 0.2) is 0 Å². The van der Waals surface area contributed by atoms with Crippen LogP contribution in [-0.4, -0.2) is 28.2 Å². The maximum Gasteiger partial charge on any atom is 0.247 e. The number of carbonyl (C=O) groups excluding carboxylic acids is 2. The Hall–Kier alpha value is -2.32. The number of hydrogen-bond acceptors (Lipinski definition) is 6. The first-order valence-electron chi connectivity index (χ1n) is 6.77. The maximum absolute atomic E-state index is 11.8. The Balaban J connectivity index is 1.85. The van der Waals surface area contributed by atoms with Crippen LogP contribution in [0.2, 0.25) is 5.02 Å². The second-order valence-electron chi connectivity index (χ2n) is 4.39. The lowest BCUT2D eigenvalue weighted by Crippen LogP contribution is -2.19. The van der Waals surface area contributed by atoms with E-state index in [1.807, 2.05) is 12.1 Å². The first-order chi connectivity index (χ1) is 11.1. The number of benzene rings is 1. The molecule has 1 aromatic heterocycles. The van der Waals surface area contributed by atoms with Gasteiger partial charge in [-0.3, -0.25) is 9.59 Å². The molecule has 0 atom stereocenters. The highest BCUT2D eigenvalue weighted by atomic mass is 35.5. The van der Waals surface area contributed by atoms with Gasteiger partial charge in [0.1, 0.15) is 5.01 Å². The number of hydrogen-bond donors (Lipinski definition) is 2. The van der Waals surface area contributed by atoms with Crippen molar-refractivity contribution in [1.29, 1.82) is 0 Å². The molecule has 2 aromatic rings. The SMILES string of the molecule is CCC(=O)Nc1nnc(CC(=O)N/N=C\c2ccccc2Cl)s1. The van der Waals surface area contributed by atoms with Crippen molar-refractivity contribution in [2.24, 2.45) is 5.10 Å². The van der Waals surface area contributed by atoms with Gasteiger partial charge in [0.05, 0.1) is 12.6 Å². The van der Waals surface area contributed by atoms with E-state index in [4.69, 9.17) is 11.6 Å². The van der Waals surface area contributed by atoms with E-state index in [-0.39, 0.29) is 18.2 Å². The van der Waals surface area contributed by atoms with Crippen molar-refractivity contribution in [2.45, 2.75) is 19.8 Å². The van der Waals surface area contributed by atoms with Crippen molar-refractivity contribution >= 4 is 46.1 Å². The number of halogens is 1. The molecule has 0 radical (unpaired) electrons. The van der Waals surface area contributed by atoms with E-state index in [0.29, 0.717) is 27.1 Å². The van der Waals surface area contributed by atoms with Gasteiger partial charge < -0.3 is 5.32 Å². The minimum Gasteiger partial charge on any atom is -0.301 e. The molecule has 1 heterocycles. The molecule has 2 rings (SSSR count). The molecule has 0 aliphatic rings. The first kappa shape index (κ1) is 17.0. The number of anilines is 1. The van der Waals surface area contributed by atoms with Crippen LogP contribution in [0.4, 0.5) is 5.13 Å². The van der Waals surface area contributed by atoms with Gasteiger partial charge in [0.2, 0.25) is 16.9 Å². The molecule has 23 heavy (non-hydrogen) atoms. The van der Waals surface area contributed by atoms with Gasteiger partial charge in [0.25, 0.3) is 0 Å². The number of nitrogens with one attached hydrogen (secondary N) is 2. The number of amides is 2. The second-order valence-corrected chi connectivity index (χ2v) is 5.86. The van der Waals surface area contributed by atoms with Crippen LogP contribution in [-0.2, 0) is 16.0 Å². The van der Waals surface area contributed by atoms with E-state index >= 15 is 0 Å². The van der Waals surface area contributed by atoms with E-state index < -0.39 is 0 Å². The van der Waals surface area contributed by atoms with Crippen LogP contribution >= 0.6 is 22.9 Å². The van der Waals surface area contributed by atoms with Gasteiger partial charge in [-0.2, -0.15) is 5.10 Å². The fourth-order valence-corrected chi connectivity index (χ4v) is 2.45. The van der Waals surface area contributed by atoms with E-state index in [1.54, 1.807) is 19.1 Å². The topological polar surface area (TPSA) is 96.3 Å². The van der Waals surface area contributed by atoms with Crippen LogP contribution in [0.25, 0.3) is 0 Å². The third-order valence-electron chi connectivity index (χ3n) is 2.64. The number of hydrazone groups is 1. The van der Waals surface area contributed by atoms with Gasteiger partial charge in [-0.25, -0.2) is 5.43 Å². The van der Waals surface area contributed by atoms with E-state index in [9.17, 15) is 9.59 Å². The zero-order chi connectivity index (χ0) is 16.7. The average molecular weight is 352 g/mol. The fraction of sp³-hybridized carbons (Fsp3) is 0.214. The molecule has 9 heteroatoms. The Kier molecular flexibility index (Phi) is 6.19. The summed E-state index contributed by atoms with van der Waals surface area (Å²) in [6, 6.07) is 7.15. The molecule has 120 valence electrons. The van der Waals surface area contributed by atoms with Crippen LogP contribution in [0.5, 0.6) is 0 Å². The minimum atomic E-state index is -0.335. The van der Waals surface area contributed by atoms with Crippen molar-refractivity contribution in [3.05, 3.63) is 39.9 Å². The molecule has 7 nitrogen and oxygen atoms in total. The number of aromatic nitrogens is 2. The summed E-state index contributed by atoms with van der Waals surface area (Å²) in [5.74, 6) is -0.487. The fourth-order valence-electron chi connectivity index (χ4n) is 1.51. The summed E-state index contributed by atoms with van der Waals surface area (Å²) in [5.41, 5.74) is 3.10. The molecular formula is C14H14ClN5O2S. The third kappa shape index (κ3) is 5.42. The molecule has 0 aliphatic carbocycles. The first-order valence-corrected chi connectivity index (χ1v) is 7.96.